The molecule has 0 aliphatic heterocycles. The summed E-state index contributed by atoms with van der Waals surface area (Å²) in [5.41, 5.74) is 2.97. The van der Waals surface area contributed by atoms with Crippen LogP contribution in [0.2, 0.25) is 0 Å². The van der Waals surface area contributed by atoms with Crippen molar-refractivity contribution in [2.45, 2.75) is 65.8 Å². The summed E-state index contributed by atoms with van der Waals surface area (Å²) in [4.78, 5) is 0. The quantitative estimate of drug-likeness (QED) is 0.467. The van der Waals surface area contributed by atoms with Gasteiger partial charge in [0.1, 0.15) is 0 Å². The van der Waals surface area contributed by atoms with Gasteiger partial charge in [-0.3, -0.25) is 11.3 Å². The lowest BCUT2D eigenvalue weighted by Crippen LogP contribution is -2.37. The molecule has 0 aromatic carbocycles. The Kier molecular flexibility index (Phi) is 8.20. The second-order valence-corrected chi connectivity index (χ2v) is 4.53. The van der Waals surface area contributed by atoms with E-state index in [0.717, 1.165) is 11.8 Å². The molecule has 0 amide bonds. The van der Waals surface area contributed by atoms with Crippen LogP contribution >= 0.6 is 0 Å². The summed E-state index contributed by atoms with van der Waals surface area (Å²) in [6, 6.07) is 0.509. The maximum absolute atomic E-state index is 5.58. The van der Waals surface area contributed by atoms with Crippen molar-refractivity contribution in [1.82, 2.24) is 5.43 Å². The molecule has 14 heavy (non-hydrogen) atoms. The number of hydrogen-bond donors (Lipinski definition) is 2. The molecule has 0 saturated heterocycles. The van der Waals surface area contributed by atoms with E-state index in [0.29, 0.717) is 6.04 Å². The zero-order valence-corrected chi connectivity index (χ0v) is 10.3. The van der Waals surface area contributed by atoms with Gasteiger partial charge in [0, 0.05) is 6.04 Å². The molecule has 0 aliphatic rings. The van der Waals surface area contributed by atoms with Gasteiger partial charge in [-0.25, -0.2) is 0 Å². The summed E-state index contributed by atoms with van der Waals surface area (Å²) >= 11 is 0. The number of hydrogen-bond acceptors (Lipinski definition) is 2. The fourth-order valence-corrected chi connectivity index (χ4v) is 1.91. The van der Waals surface area contributed by atoms with Crippen molar-refractivity contribution < 1.29 is 0 Å². The highest BCUT2D eigenvalue weighted by Gasteiger charge is 2.14. The van der Waals surface area contributed by atoms with Crippen LogP contribution in [0.15, 0.2) is 0 Å². The van der Waals surface area contributed by atoms with Gasteiger partial charge in [-0.15, -0.1) is 0 Å². The van der Waals surface area contributed by atoms with E-state index in [9.17, 15) is 0 Å². The van der Waals surface area contributed by atoms with Crippen LogP contribution in [0.3, 0.4) is 0 Å². The van der Waals surface area contributed by atoms with Gasteiger partial charge < -0.3 is 0 Å². The minimum atomic E-state index is 0.509. The van der Waals surface area contributed by atoms with E-state index in [2.05, 4.69) is 33.1 Å². The fraction of sp³-hybridized carbons (Fsp3) is 1.00. The Morgan fingerprint density at radius 2 is 1.57 bits per heavy atom. The van der Waals surface area contributed by atoms with E-state index in [-0.39, 0.29) is 0 Å². The van der Waals surface area contributed by atoms with Crippen molar-refractivity contribution >= 4 is 0 Å². The highest BCUT2D eigenvalue weighted by atomic mass is 15.2. The third-order valence-corrected chi connectivity index (χ3v) is 3.39. The second kappa shape index (κ2) is 8.25. The summed E-state index contributed by atoms with van der Waals surface area (Å²) in [5, 5.41) is 0. The topological polar surface area (TPSA) is 38.0 Å². The van der Waals surface area contributed by atoms with Crippen LogP contribution in [-0.4, -0.2) is 6.04 Å². The van der Waals surface area contributed by atoms with Gasteiger partial charge in [0.05, 0.1) is 0 Å². The zero-order valence-electron chi connectivity index (χ0n) is 10.3. The summed E-state index contributed by atoms with van der Waals surface area (Å²) in [5.74, 6) is 7.20. The van der Waals surface area contributed by atoms with Gasteiger partial charge >= 0.3 is 0 Å². The SMILES string of the molecule is CCC(C)CC(CC(CC)CC)NN. The molecule has 2 unspecified atom stereocenters. The summed E-state index contributed by atoms with van der Waals surface area (Å²) in [7, 11) is 0. The first kappa shape index (κ1) is 13.9. The van der Waals surface area contributed by atoms with Crippen molar-refractivity contribution in [2.75, 3.05) is 0 Å². The van der Waals surface area contributed by atoms with Gasteiger partial charge in [-0.05, 0) is 24.7 Å². The Labute approximate surface area is 89.6 Å². The maximum atomic E-state index is 5.58. The van der Waals surface area contributed by atoms with E-state index >= 15 is 0 Å². The normalized spacial score (nSPS) is 15.9. The Hall–Kier alpha value is -0.0800. The molecule has 0 aromatic rings. The Morgan fingerprint density at radius 3 is 1.93 bits per heavy atom. The molecule has 3 N–H and O–H groups in total. The molecule has 0 aliphatic carbocycles. The van der Waals surface area contributed by atoms with Gasteiger partial charge in [0.25, 0.3) is 0 Å². The average molecular weight is 200 g/mol. The Bertz CT molecular complexity index is 121. The number of nitrogens with two attached hydrogens (primary N) is 1. The summed E-state index contributed by atoms with van der Waals surface area (Å²) < 4.78 is 0. The number of hydrazine groups is 1. The number of rotatable bonds is 8. The monoisotopic (exact) mass is 200 g/mol. The fourth-order valence-electron chi connectivity index (χ4n) is 1.91. The van der Waals surface area contributed by atoms with Crippen molar-refractivity contribution in [3.8, 4) is 0 Å². The molecule has 0 fully saturated rings. The minimum Gasteiger partial charge on any atom is -0.271 e. The van der Waals surface area contributed by atoms with E-state index in [1.165, 1.54) is 32.1 Å². The Balaban J connectivity index is 3.88. The van der Waals surface area contributed by atoms with Gasteiger partial charge in [0.2, 0.25) is 0 Å². The molecular weight excluding hydrogens is 172 g/mol. The molecule has 86 valence electrons. The lowest BCUT2D eigenvalue weighted by Gasteiger charge is -2.23. The van der Waals surface area contributed by atoms with E-state index in [1.807, 2.05) is 0 Å². The van der Waals surface area contributed by atoms with Crippen LogP contribution in [0.25, 0.3) is 0 Å². The van der Waals surface area contributed by atoms with E-state index in [4.69, 9.17) is 5.84 Å². The zero-order chi connectivity index (χ0) is 11.0. The smallest absolute Gasteiger partial charge is 0.0215 e. The maximum Gasteiger partial charge on any atom is 0.0215 e. The van der Waals surface area contributed by atoms with Crippen LogP contribution in [0.5, 0.6) is 0 Å². The first-order valence-corrected chi connectivity index (χ1v) is 6.13. The van der Waals surface area contributed by atoms with Crippen molar-refractivity contribution in [1.29, 1.82) is 0 Å². The van der Waals surface area contributed by atoms with Gasteiger partial charge in [-0.1, -0.05) is 47.0 Å². The van der Waals surface area contributed by atoms with Crippen LogP contribution in [0.1, 0.15) is 59.8 Å². The van der Waals surface area contributed by atoms with Crippen molar-refractivity contribution in [3.05, 3.63) is 0 Å². The van der Waals surface area contributed by atoms with Gasteiger partial charge in [-0.2, -0.15) is 0 Å². The molecule has 2 heteroatoms. The third kappa shape index (κ3) is 5.61. The first-order chi connectivity index (χ1) is 6.67. The highest BCUT2D eigenvalue weighted by molar-refractivity contribution is 4.71. The van der Waals surface area contributed by atoms with Crippen LogP contribution in [0, 0.1) is 11.8 Å². The van der Waals surface area contributed by atoms with E-state index < -0.39 is 0 Å². The van der Waals surface area contributed by atoms with Crippen molar-refractivity contribution in [3.63, 3.8) is 0 Å². The molecular formula is C12H28N2. The molecule has 0 spiro atoms. The molecule has 0 bridgehead atoms. The van der Waals surface area contributed by atoms with Crippen LogP contribution in [0.4, 0.5) is 0 Å². The molecule has 0 heterocycles. The van der Waals surface area contributed by atoms with Gasteiger partial charge in [0.15, 0.2) is 0 Å². The lowest BCUT2D eigenvalue weighted by atomic mass is 9.89. The predicted octanol–water partition coefficient (Wildman–Crippen LogP) is 3.08. The summed E-state index contributed by atoms with van der Waals surface area (Å²) in [6.07, 6.45) is 6.24. The molecule has 0 rings (SSSR count). The van der Waals surface area contributed by atoms with Crippen LogP contribution in [-0.2, 0) is 0 Å². The minimum absolute atomic E-state index is 0.509. The molecule has 0 saturated carbocycles. The summed E-state index contributed by atoms with van der Waals surface area (Å²) in [6.45, 7) is 9.09. The molecule has 0 radical (unpaired) electrons. The predicted molar refractivity (Wildman–Crippen MR) is 63.9 cm³/mol. The average Bonchev–Trinajstić information content (AvgIpc) is 2.23. The molecule has 2 nitrogen and oxygen atoms in total. The lowest BCUT2D eigenvalue weighted by molar-refractivity contribution is 0.318. The Morgan fingerprint density at radius 1 is 1.00 bits per heavy atom. The standard InChI is InChI=1S/C12H28N2/c1-5-10(4)8-12(14-13)9-11(6-2)7-3/h10-12,14H,5-9,13H2,1-4H3. The second-order valence-electron chi connectivity index (χ2n) is 4.53. The van der Waals surface area contributed by atoms with Crippen LogP contribution < -0.4 is 11.3 Å². The third-order valence-electron chi connectivity index (χ3n) is 3.39. The highest BCUT2D eigenvalue weighted by Crippen LogP contribution is 2.19. The van der Waals surface area contributed by atoms with Crippen molar-refractivity contribution in [2.24, 2.45) is 17.7 Å². The van der Waals surface area contributed by atoms with E-state index in [1.54, 1.807) is 0 Å². The first-order valence-electron chi connectivity index (χ1n) is 6.13. The molecule has 2 atom stereocenters. The molecule has 0 aromatic heterocycles. The number of nitrogens with one attached hydrogen (secondary N) is 1. The largest absolute Gasteiger partial charge is 0.271 e.